The summed E-state index contributed by atoms with van der Waals surface area (Å²) in [5, 5.41) is 19.5. The quantitative estimate of drug-likeness (QED) is 0.839. The number of aliphatic hydroxyl groups excluding tert-OH is 1. The first-order valence-corrected chi connectivity index (χ1v) is 5.96. The maximum absolute atomic E-state index is 10.1. The van der Waals surface area contributed by atoms with Gasteiger partial charge in [-0.1, -0.05) is 48.5 Å². The number of fused-ring (bicyclic) bond motifs is 1. The van der Waals surface area contributed by atoms with Gasteiger partial charge in [-0.3, -0.25) is 0 Å². The molecule has 3 nitrogen and oxygen atoms in total. The van der Waals surface area contributed by atoms with Gasteiger partial charge in [-0.2, -0.15) is 5.26 Å². The normalized spacial score (nSPS) is 17.3. The number of para-hydroxylation sites is 1. The second-order valence-corrected chi connectivity index (χ2v) is 4.29. The third kappa shape index (κ3) is 1.84. The van der Waals surface area contributed by atoms with Crippen LogP contribution in [0.4, 0.5) is 0 Å². The largest absolute Gasteiger partial charge is 0.480 e. The fourth-order valence-electron chi connectivity index (χ4n) is 2.29. The summed E-state index contributed by atoms with van der Waals surface area (Å²) in [6.45, 7) is 0. The Bertz CT molecular complexity index is 683. The van der Waals surface area contributed by atoms with Crippen molar-refractivity contribution in [2.24, 2.45) is 0 Å². The number of hydrogen-bond donors (Lipinski definition) is 1. The monoisotopic (exact) mass is 249 g/mol. The highest BCUT2D eigenvalue weighted by atomic mass is 16.6. The summed E-state index contributed by atoms with van der Waals surface area (Å²) < 4.78 is 5.41. The fourth-order valence-corrected chi connectivity index (χ4v) is 2.29. The van der Waals surface area contributed by atoms with Gasteiger partial charge in [0, 0.05) is 5.56 Å². The van der Waals surface area contributed by atoms with E-state index in [1.807, 2.05) is 48.5 Å². The highest BCUT2D eigenvalue weighted by Crippen LogP contribution is 2.42. The summed E-state index contributed by atoms with van der Waals surface area (Å²) in [5.41, 5.74) is 2.09. The number of nitriles is 1. The second-order valence-electron chi connectivity index (χ2n) is 4.29. The van der Waals surface area contributed by atoms with E-state index in [1.165, 1.54) is 0 Å². The van der Waals surface area contributed by atoms with Crippen LogP contribution in [0, 0.1) is 11.3 Å². The van der Waals surface area contributed by atoms with Crippen molar-refractivity contribution in [3.63, 3.8) is 0 Å². The maximum Gasteiger partial charge on any atom is 0.287 e. The lowest BCUT2D eigenvalue weighted by Gasteiger charge is -2.24. The molecule has 2 aromatic rings. The molecule has 0 amide bonds. The second kappa shape index (κ2) is 4.51. The van der Waals surface area contributed by atoms with E-state index in [1.54, 1.807) is 6.07 Å². The molecule has 92 valence electrons. The average molecular weight is 249 g/mol. The lowest BCUT2D eigenvalue weighted by atomic mass is 9.86. The Hall–Kier alpha value is -2.73. The minimum absolute atomic E-state index is 0.198. The molecule has 1 heterocycles. The molecule has 3 heteroatoms. The van der Waals surface area contributed by atoms with Crippen LogP contribution in [0.5, 0.6) is 5.75 Å². The van der Waals surface area contributed by atoms with Crippen molar-refractivity contribution in [3.05, 3.63) is 71.7 Å². The molecule has 0 saturated heterocycles. The molecule has 1 aliphatic rings. The number of rotatable bonds is 1. The van der Waals surface area contributed by atoms with Crippen molar-refractivity contribution >= 4 is 5.57 Å². The van der Waals surface area contributed by atoms with Crippen LogP contribution in [0.15, 0.2) is 60.5 Å². The molecular formula is C16H11NO2. The predicted octanol–water partition coefficient (Wildman–Crippen LogP) is 3.61. The first-order chi connectivity index (χ1) is 9.31. The standard InChI is InChI=1S/C16H11NO2/c17-10-13-12-8-4-5-9-14(12)19-16(18)15(13)11-6-2-1-3-7-11/h1-9,13,18H/t13-/m0/s1. The van der Waals surface area contributed by atoms with Gasteiger partial charge in [-0.05, 0) is 11.6 Å². The van der Waals surface area contributed by atoms with Gasteiger partial charge in [0.15, 0.2) is 0 Å². The molecule has 2 aromatic carbocycles. The van der Waals surface area contributed by atoms with Crippen LogP contribution in [0.25, 0.3) is 5.57 Å². The van der Waals surface area contributed by atoms with E-state index in [9.17, 15) is 10.4 Å². The van der Waals surface area contributed by atoms with E-state index < -0.39 is 5.92 Å². The SMILES string of the molecule is N#C[C@@H]1C(c2ccccc2)=C(O)Oc2ccccc21. The van der Waals surface area contributed by atoms with Crippen LogP contribution in [-0.4, -0.2) is 5.11 Å². The molecule has 0 aromatic heterocycles. The Morgan fingerprint density at radius 3 is 2.42 bits per heavy atom. The smallest absolute Gasteiger partial charge is 0.287 e. The zero-order valence-corrected chi connectivity index (χ0v) is 10.1. The number of allylic oxidation sites excluding steroid dienone is 1. The molecule has 0 radical (unpaired) electrons. The average Bonchev–Trinajstić information content (AvgIpc) is 2.46. The summed E-state index contributed by atoms with van der Waals surface area (Å²) in [7, 11) is 0. The first-order valence-electron chi connectivity index (χ1n) is 5.96. The molecule has 0 spiro atoms. The van der Waals surface area contributed by atoms with Gasteiger partial charge in [-0.25, -0.2) is 0 Å². The van der Waals surface area contributed by atoms with Gasteiger partial charge < -0.3 is 9.84 Å². The van der Waals surface area contributed by atoms with Crippen LogP contribution < -0.4 is 4.74 Å². The zero-order valence-electron chi connectivity index (χ0n) is 10.1. The Kier molecular flexibility index (Phi) is 2.70. The molecule has 19 heavy (non-hydrogen) atoms. The molecule has 0 unspecified atom stereocenters. The van der Waals surface area contributed by atoms with Crippen molar-refractivity contribution in [1.82, 2.24) is 0 Å². The molecule has 0 saturated carbocycles. The van der Waals surface area contributed by atoms with Gasteiger partial charge in [0.1, 0.15) is 11.7 Å². The lowest BCUT2D eigenvalue weighted by molar-refractivity contribution is 0.204. The molecule has 1 aliphatic heterocycles. The van der Waals surface area contributed by atoms with Gasteiger partial charge in [0.2, 0.25) is 0 Å². The molecule has 0 bridgehead atoms. The van der Waals surface area contributed by atoms with Crippen molar-refractivity contribution < 1.29 is 9.84 Å². The Labute approximate surface area is 111 Å². The minimum atomic E-state index is -0.521. The molecule has 1 N–H and O–H groups in total. The van der Waals surface area contributed by atoms with Crippen LogP contribution in [0.2, 0.25) is 0 Å². The highest BCUT2D eigenvalue weighted by molar-refractivity contribution is 5.77. The molecular weight excluding hydrogens is 238 g/mol. The predicted molar refractivity (Wildman–Crippen MR) is 71.4 cm³/mol. The maximum atomic E-state index is 10.1. The van der Waals surface area contributed by atoms with Crippen LogP contribution in [-0.2, 0) is 0 Å². The highest BCUT2D eigenvalue weighted by Gasteiger charge is 2.30. The van der Waals surface area contributed by atoms with Crippen molar-refractivity contribution in [2.45, 2.75) is 5.92 Å². The van der Waals surface area contributed by atoms with Crippen LogP contribution >= 0.6 is 0 Å². The lowest BCUT2D eigenvalue weighted by Crippen LogP contribution is -2.13. The summed E-state index contributed by atoms with van der Waals surface area (Å²) in [4.78, 5) is 0. The summed E-state index contributed by atoms with van der Waals surface area (Å²) in [6, 6.07) is 18.8. The van der Waals surface area contributed by atoms with E-state index >= 15 is 0 Å². The molecule has 1 atom stereocenters. The van der Waals surface area contributed by atoms with E-state index in [4.69, 9.17) is 4.74 Å². The molecule has 0 fully saturated rings. The Morgan fingerprint density at radius 2 is 1.68 bits per heavy atom. The van der Waals surface area contributed by atoms with Gasteiger partial charge in [0.05, 0.1) is 11.6 Å². The van der Waals surface area contributed by atoms with E-state index in [-0.39, 0.29) is 5.95 Å². The van der Waals surface area contributed by atoms with Gasteiger partial charge >= 0.3 is 0 Å². The fraction of sp³-hybridized carbons (Fsp3) is 0.0625. The van der Waals surface area contributed by atoms with Crippen molar-refractivity contribution in [2.75, 3.05) is 0 Å². The summed E-state index contributed by atoms with van der Waals surface area (Å²) in [5.74, 6) is -0.185. The third-order valence-electron chi connectivity index (χ3n) is 3.17. The number of hydrogen-bond acceptors (Lipinski definition) is 3. The van der Waals surface area contributed by atoms with E-state index in [0.717, 1.165) is 11.1 Å². The van der Waals surface area contributed by atoms with E-state index in [0.29, 0.717) is 11.3 Å². The van der Waals surface area contributed by atoms with Crippen molar-refractivity contribution in [1.29, 1.82) is 5.26 Å². The third-order valence-corrected chi connectivity index (χ3v) is 3.17. The zero-order chi connectivity index (χ0) is 13.2. The van der Waals surface area contributed by atoms with Crippen LogP contribution in [0.3, 0.4) is 0 Å². The van der Waals surface area contributed by atoms with Gasteiger partial charge in [0.25, 0.3) is 5.95 Å². The molecule has 3 rings (SSSR count). The van der Waals surface area contributed by atoms with Crippen LogP contribution in [0.1, 0.15) is 17.0 Å². The minimum Gasteiger partial charge on any atom is -0.480 e. The topological polar surface area (TPSA) is 53.2 Å². The Balaban J connectivity index is 2.18. The molecule has 0 aliphatic carbocycles. The van der Waals surface area contributed by atoms with Crippen molar-refractivity contribution in [3.8, 4) is 11.8 Å². The number of ether oxygens (including phenoxy) is 1. The van der Waals surface area contributed by atoms with E-state index in [2.05, 4.69) is 6.07 Å². The first kappa shape index (κ1) is 11.4. The number of benzene rings is 2. The number of nitrogens with zero attached hydrogens (tertiary/aromatic N) is 1. The summed E-state index contributed by atoms with van der Waals surface area (Å²) in [6.07, 6.45) is 0. The van der Waals surface area contributed by atoms with Gasteiger partial charge in [-0.15, -0.1) is 0 Å². The Morgan fingerprint density at radius 1 is 1.00 bits per heavy atom. The number of aliphatic hydroxyl groups is 1. The summed E-state index contributed by atoms with van der Waals surface area (Å²) >= 11 is 0.